The molecular weight excluding hydrogens is 252 g/mol. The van der Waals surface area contributed by atoms with Crippen LogP contribution in [0.25, 0.3) is 0 Å². The highest BCUT2D eigenvalue weighted by molar-refractivity contribution is 8.00. The Hall–Kier alpha value is -0.980. The number of nitro benzene ring substituents is 1. The summed E-state index contributed by atoms with van der Waals surface area (Å²) >= 11 is 1.60. The minimum absolute atomic E-state index is 0. The normalized spacial score (nSPS) is 17.9. The zero-order chi connectivity index (χ0) is 10.8. The van der Waals surface area contributed by atoms with Gasteiger partial charge in [0.05, 0.1) is 21.1 Å². The van der Waals surface area contributed by atoms with E-state index in [0.717, 1.165) is 4.90 Å². The second kappa shape index (κ2) is 5.38. The van der Waals surface area contributed by atoms with E-state index in [1.807, 2.05) is 0 Å². The first-order chi connectivity index (χ1) is 7.20. The van der Waals surface area contributed by atoms with Crippen LogP contribution in [0.15, 0.2) is 23.1 Å². The molecule has 7 heteroatoms. The van der Waals surface area contributed by atoms with Gasteiger partial charge in [0.2, 0.25) is 0 Å². The summed E-state index contributed by atoms with van der Waals surface area (Å²) in [5.74, 6) is 0.582. The lowest BCUT2D eigenvalue weighted by molar-refractivity contribution is -0.385. The number of nitrogens with two attached hydrogens (primary N) is 1. The number of nitrogens with zero attached hydrogens (tertiary/aromatic N) is 1. The number of ether oxygens (including phenoxy) is 1. The van der Waals surface area contributed by atoms with Gasteiger partial charge in [-0.2, -0.15) is 0 Å². The summed E-state index contributed by atoms with van der Waals surface area (Å²) in [5.41, 5.74) is 5.59. The topological polar surface area (TPSA) is 78.4 Å². The van der Waals surface area contributed by atoms with Crippen molar-refractivity contribution in [2.24, 2.45) is 5.73 Å². The zero-order valence-electron chi connectivity index (χ0n) is 8.29. The second-order valence-electron chi connectivity index (χ2n) is 3.17. The Balaban J connectivity index is 0.00000128. The number of halogens is 1. The first kappa shape index (κ1) is 13.1. The summed E-state index contributed by atoms with van der Waals surface area (Å²) in [5, 5.41) is 10.8. The number of rotatable bonds is 2. The number of nitro groups is 1. The van der Waals surface area contributed by atoms with Gasteiger partial charge in [-0.05, 0) is 6.07 Å². The lowest BCUT2D eigenvalue weighted by Gasteiger charge is -2.23. The van der Waals surface area contributed by atoms with Crippen molar-refractivity contribution in [3.05, 3.63) is 28.3 Å². The molecule has 0 amide bonds. The largest absolute Gasteiger partial charge is 0.491 e. The van der Waals surface area contributed by atoms with Crippen molar-refractivity contribution < 1.29 is 9.66 Å². The predicted molar refractivity (Wildman–Crippen MR) is 64.5 cm³/mol. The molecule has 2 N–H and O–H groups in total. The van der Waals surface area contributed by atoms with Crippen LogP contribution in [0.2, 0.25) is 0 Å². The highest BCUT2D eigenvalue weighted by atomic mass is 35.5. The fourth-order valence-electron chi connectivity index (χ4n) is 1.33. The molecule has 0 radical (unpaired) electrons. The summed E-state index contributed by atoms with van der Waals surface area (Å²) in [6.07, 6.45) is 0. The minimum Gasteiger partial charge on any atom is -0.491 e. The third kappa shape index (κ3) is 2.58. The fourth-order valence-corrected chi connectivity index (χ4v) is 2.30. The molecule has 1 heterocycles. The molecule has 1 unspecified atom stereocenters. The smallest absolute Gasteiger partial charge is 0.273 e. The molecule has 0 spiro atoms. The molecule has 16 heavy (non-hydrogen) atoms. The van der Waals surface area contributed by atoms with Crippen molar-refractivity contribution >= 4 is 29.9 Å². The Morgan fingerprint density at radius 1 is 1.62 bits per heavy atom. The zero-order valence-corrected chi connectivity index (χ0v) is 9.92. The number of hydrogen-bond donors (Lipinski definition) is 1. The van der Waals surface area contributed by atoms with E-state index in [1.54, 1.807) is 17.8 Å². The second-order valence-corrected chi connectivity index (χ2v) is 4.52. The number of benzene rings is 1. The van der Waals surface area contributed by atoms with E-state index in [2.05, 4.69) is 0 Å². The van der Waals surface area contributed by atoms with E-state index in [1.165, 1.54) is 12.1 Å². The summed E-state index contributed by atoms with van der Waals surface area (Å²) < 4.78 is 5.41. The Morgan fingerprint density at radius 2 is 2.38 bits per heavy atom. The summed E-state index contributed by atoms with van der Waals surface area (Å²) in [6.45, 7) is 1.05. The van der Waals surface area contributed by atoms with Crippen LogP contribution in [0.3, 0.4) is 0 Å². The van der Waals surface area contributed by atoms with Gasteiger partial charge in [-0.1, -0.05) is 0 Å². The van der Waals surface area contributed by atoms with Crippen molar-refractivity contribution in [3.8, 4) is 5.75 Å². The fraction of sp³-hybridized carbons (Fsp3) is 0.333. The van der Waals surface area contributed by atoms with Gasteiger partial charge in [-0.25, -0.2) is 0 Å². The molecule has 1 atom stereocenters. The van der Waals surface area contributed by atoms with E-state index in [-0.39, 0.29) is 23.3 Å². The first-order valence-corrected chi connectivity index (χ1v) is 5.36. The average molecular weight is 263 g/mol. The molecule has 0 fully saturated rings. The van der Waals surface area contributed by atoms with Crippen LogP contribution in [-0.2, 0) is 0 Å². The third-order valence-corrected chi connectivity index (χ3v) is 3.37. The lowest BCUT2D eigenvalue weighted by Crippen LogP contribution is -2.26. The Kier molecular flexibility index (Phi) is 4.40. The van der Waals surface area contributed by atoms with Gasteiger partial charge in [0.1, 0.15) is 12.4 Å². The maximum absolute atomic E-state index is 10.5. The van der Waals surface area contributed by atoms with Crippen molar-refractivity contribution in [1.29, 1.82) is 0 Å². The van der Waals surface area contributed by atoms with Gasteiger partial charge in [0.25, 0.3) is 5.69 Å². The molecule has 2 rings (SSSR count). The van der Waals surface area contributed by atoms with E-state index >= 15 is 0 Å². The van der Waals surface area contributed by atoms with Crippen LogP contribution in [0.1, 0.15) is 0 Å². The van der Waals surface area contributed by atoms with Crippen LogP contribution in [0.5, 0.6) is 5.75 Å². The van der Waals surface area contributed by atoms with Crippen molar-refractivity contribution in [2.45, 2.75) is 10.1 Å². The molecule has 0 aromatic heterocycles. The predicted octanol–water partition coefficient (Wildman–Crippen LogP) is 1.83. The average Bonchev–Trinajstić information content (AvgIpc) is 2.27. The van der Waals surface area contributed by atoms with Gasteiger partial charge in [0, 0.05) is 12.6 Å². The van der Waals surface area contributed by atoms with Crippen LogP contribution < -0.4 is 10.5 Å². The molecule has 0 saturated carbocycles. The van der Waals surface area contributed by atoms with Gasteiger partial charge in [-0.15, -0.1) is 24.2 Å². The van der Waals surface area contributed by atoms with E-state index in [0.29, 0.717) is 18.9 Å². The Morgan fingerprint density at radius 3 is 3.00 bits per heavy atom. The number of non-ortho nitro benzene ring substituents is 1. The monoisotopic (exact) mass is 262 g/mol. The van der Waals surface area contributed by atoms with Gasteiger partial charge < -0.3 is 10.5 Å². The SMILES string of the molecule is Cl.NCC1COc2cc([N+](=O)[O-])ccc2S1. The molecule has 0 bridgehead atoms. The molecular formula is C9H11ClN2O3S. The van der Waals surface area contributed by atoms with Crippen LogP contribution >= 0.6 is 24.2 Å². The van der Waals surface area contributed by atoms with Crippen molar-refractivity contribution in [1.82, 2.24) is 0 Å². The van der Waals surface area contributed by atoms with Gasteiger partial charge in [-0.3, -0.25) is 10.1 Å². The molecule has 1 aromatic rings. The van der Waals surface area contributed by atoms with Crippen molar-refractivity contribution in [3.63, 3.8) is 0 Å². The molecule has 88 valence electrons. The quantitative estimate of drug-likeness (QED) is 0.650. The molecule has 1 aliphatic rings. The molecule has 1 aromatic carbocycles. The minimum atomic E-state index is -0.427. The molecule has 0 saturated heterocycles. The number of thioether (sulfide) groups is 1. The first-order valence-electron chi connectivity index (χ1n) is 4.48. The summed E-state index contributed by atoms with van der Waals surface area (Å²) in [6, 6.07) is 4.64. The Labute approximate surface area is 103 Å². The molecule has 5 nitrogen and oxygen atoms in total. The summed E-state index contributed by atoms with van der Waals surface area (Å²) in [4.78, 5) is 11.0. The molecule has 1 aliphatic heterocycles. The van der Waals surface area contributed by atoms with E-state index in [4.69, 9.17) is 10.5 Å². The highest BCUT2D eigenvalue weighted by Crippen LogP contribution is 2.38. The standard InChI is InChI=1S/C9H10N2O3S.ClH/c10-4-7-5-14-8-3-6(11(12)13)1-2-9(8)15-7;/h1-3,7H,4-5,10H2;1H. The lowest BCUT2D eigenvalue weighted by atomic mass is 10.3. The highest BCUT2D eigenvalue weighted by Gasteiger charge is 2.21. The van der Waals surface area contributed by atoms with E-state index in [9.17, 15) is 10.1 Å². The number of fused-ring (bicyclic) bond motifs is 1. The van der Waals surface area contributed by atoms with Crippen LogP contribution in [-0.4, -0.2) is 23.3 Å². The number of hydrogen-bond acceptors (Lipinski definition) is 5. The van der Waals surface area contributed by atoms with Crippen LogP contribution in [0.4, 0.5) is 5.69 Å². The third-order valence-electron chi connectivity index (χ3n) is 2.12. The maximum atomic E-state index is 10.5. The Bertz CT molecular complexity index is 402. The van der Waals surface area contributed by atoms with Crippen molar-refractivity contribution in [2.75, 3.05) is 13.2 Å². The van der Waals surface area contributed by atoms with Gasteiger partial charge >= 0.3 is 0 Å². The van der Waals surface area contributed by atoms with Gasteiger partial charge in [0.15, 0.2) is 0 Å². The maximum Gasteiger partial charge on any atom is 0.273 e. The van der Waals surface area contributed by atoms with Crippen LogP contribution in [0, 0.1) is 10.1 Å². The summed E-state index contributed by atoms with van der Waals surface area (Å²) in [7, 11) is 0. The van der Waals surface area contributed by atoms with E-state index < -0.39 is 4.92 Å². The molecule has 0 aliphatic carbocycles.